The van der Waals surface area contributed by atoms with Gasteiger partial charge in [0.2, 0.25) is 0 Å². The lowest BCUT2D eigenvalue weighted by Crippen LogP contribution is -2.24. The molecule has 1 atom stereocenters. The van der Waals surface area contributed by atoms with Crippen LogP contribution in [-0.4, -0.2) is 30.8 Å². The number of carboxylic acids is 1. The van der Waals surface area contributed by atoms with E-state index < -0.39 is 17.9 Å². The highest BCUT2D eigenvalue weighted by Gasteiger charge is 2.29. The van der Waals surface area contributed by atoms with Crippen LogP contribution in [0.2, 0.25) is 0 Å². The normalized spacial score (nSPS) is 11.7. The molecule has 0 aliphatic heterocycles. The number of hydrogen-bond acceptors (Lipinski definition) is 4. The number of carboxylic acid groups (broad SMARTS) is 1. The van der Waals surface area contributed by atoms with Gasteiger partial charge < -0.3 is 14.6 Å². The van der Waals surface area contributed by atoms with E-state index in [-0.39, 0.29) is 6.61 Å². The Morgan fingerprint density at radius 3 is 2.33 bits per heavy atom. The summed E-state index contributed by atoms with van der Waals surface area (Å²) in [6.07, 6.45) is 0.653. The second-order valence-electron chi connectivity index (χ2n) is 3.71. The van der Waals surface area contributed by atoms with Crippen molar-refractivity contribution in [1.29, 1.82) is 0 Å². The Hall–Kier alpha value is -2.04. The predicted molar refractivity (Wildman–Crippen MR) is 64.6 cm³/mol. The van der Waals surface area contributed by atoms with Crippen LogP contribution in [0, 0.1) is 0 Å². The summed E-state index contributed by atoms with van der Waals surface area (Å²) in [5.74, 6) is -2.65. The minimum absolute atomic E-state index is 0.221. The van der Waals surface area contributed by atoms with Gasteiger partial charge in [0.25, 0.3) is 0 Å². The highest BCUT2D eigenvalue weighted by molar-refractivity contribution is 5.99. The molecule has 0 bridgehead atoms. The Bertz CT molecular complexity index is 410. The minimum Gasteiger partial charge on any atom is -0.497 e. The summed E-state index contributed by atoms with van der Waals surface area (Å²) in [5.41, 5.74) is 0.379. The largest absolute Gasteiger partial charge is 0.497 e. The number of ether oxygens (including phenoxy) is 2. The summed E-state index contributed by atoms with van der Waals surface area (Å²) >= 11 is 0. The van der Waals surface area contributed by atoms with E-state index >= 15 is 0 Å². The zero-order valence-electron chi connectivity index (χ0n) is 10.4. The molecule has 0 spiro atoms. The predicted octanol–water partition coefficient (Wildman–Crippen LogP) is 1.82. The lowest BCUT2D eigenvalue weighted by atomic mass is 9.99. The number of carbonyl (C=O) groups is 2. The van der Waals surface area contributed by atoms with Gasteiger partial charge in [0.05, 0.1) is 13.7 Å². The number of hydrogen-bond donors (Lipinski definition) is 1. The van der Waals surface area contributed by atoms with Crippen molar-refractivity contribution in [2.75, 3.05) is 13.7 Å². The molecule has 0 aromatic heterocycles. The highest BCUT2D eigenvalue weighted by atomic mass is 16.5. The number of esters is 1. The van der Waals surface area contributed by atoms with Gasteiger partial charge >= 0.3 is 11.9 Å². The third kappa shape index (κ3) is 3.48. The van der Waals surface area contributed by atoms with Gasteiger partial charge in [0, 0.05) is 0 Å². The van der Waals surface area contributed by atoms with Gasteiger partial charge in [-0.15, -0.1) is 0 Å². The molecule has 0 radical (unpaired) electrons. The second kappa shape index (κ2) is 6.64. The standard InChI is InChI=1S/C13H16O5/c1-3-8-18-13(16)11(12(14)15)9-4-6-10(17-2)7-5-9/h4-7,11H,3,8H2,1-2H3,(H,14,15). The quantitative estimate of drug-likeness (QED) is 0.617. The molecule has 0 aliphatic rings. The smallest absolute Gasteiger partial charge is 0.324 e. The van der Waals surface area contributed by atoms with Gasteiger partial charge in [-0.2, -0.15) is 0 Å². The molecule has 0 aliphatic carbocycles. The van der Waals surface area contributed by atoms with Crippen LogP contribution < -0.4 is 4.74 Å². The van der Waals surface area contributed by atoms with Gasteiger partial charge in [0.1, 0.15) is 5.75 Å². The summed E-state index contributed by atoms with van der Waals surface area (Å²) in [4.78, 5) is 22.8. The first-order valence-electron chi connectivity index (χ1n) is 5.63. The molecule has 1 aromatic carbocycles. The van der Waals surface area contributed by atoms with Gasteiger partial charge in [-0.3, -0.25) is 9.59 Å². The highest BCUT2D eigenvalue weighted by Crippen LogP contribution is 2.21. The zero-order chi connectivity index (χ0) is 13.5. The molecule has 1 N–H and O–H groups in total. The first-order chi connectivity index (χ1) is 8.60. The van der Waals surface area contributed by atoms with Crippen molar-refractivity contribution in [3.8, 4) is 5.75 Å². The first-order valence-corrected chi connectivity index (χ1v) is 5.63. The Balaban J connectivity index is 2.89. The van der Waals surface area contributed by atoms with E-state index in [4.69, 9.17) is 14.6 Å². The topological polar surface area (TPSA) is 72.8 Å². The Morgan fingerprint density at radius 1 is 1.28 bits per heavy atom. The summed E-state index contributed by atoms with van der Waals surface area (Å²) < 4.78 is 9.85. The molecule has 0 heterocycles. The molecule has 98 valence electrons. The molecule has 18 heavy (non-hydrogen) atoms. The van der Waals surface area contributed by atoms with Gasteiger partial charge in [-0.1, -0.05) is 19.1 Å². The lowest BCUT2D eigenvalue weighted by molar-refractivity contribution is -0.154. The second-order valence-corrected chi connectivity index (χ2v) is 3.71. The fourth-order valence-corrected chi connectivity index (χ4v) is 1.46. The average molecular weight is 252 g/mol. The van der Waals surface area contributed by atoms with E-state index in [0.29, 0.717) is 17.7 Å². The number of rotatable bonds is 6. The van der Waals surface area contributed by atoms with Crippen molar-refractivity contribution in [1.82, 2.24) is 0 Å². The monoisotopic (exact) mass is 252 g/mol. The third-order valence-corrected chi connectivity index (χ3v) is 2.38. The van der Waals surface area contributed by atoms with Gasteiger partial charge in [-0.25, -0.2) is 0 Å². The van der Waals surface area contributed by atoms with Crippen molar-refractivity contribution < 1.29 is 24.2 Å². The number of benzene rings is 1. The number of methoxy groups -OCH3 is 1. The Labute approximate surface area is 105 Å². The van der Waals surface area contributed by atoms with Crippen molar-refractivity contribution in [3.63, 3.8) is 0 Å². The third-order valence-electron chi connectivity index (χ3n) is 2.38. The van der Waals surface area contributed by atoms with E-state index in [2.05, 4.69) is 0 Å². The number of aliphatic carboxylic acids is 1. The van der Waals surface area contributed by atoms with Crippen LogP contribution in [-0.2, 0) is 14.3 Å². The molecule has 1 rings (SSSR count). The maximum Gasteiger partial charge on any atom is 0.324 e. The van der Waals surface area contributed by atoms with Crippen molar-refractivity contribution in [2.24, 2.45) is 0 Å². The fourth-order valence-electron chi connectivity index (χ4n) is 1.46. The molecule has 0 amide bonds. The first kappa shape index (κ1) is 14.0. The molecular formula is C13H16O5. The maximum absolute atomic E-state index is 11.7. The fraction of sp³-hybridized carbons (Fsp3) is 0.385. The van der Waals surface area contributed by atoms with Gasteiger partial charge in [0.15, 0.2) is 5.92 Å². The van der Waals surface area contributed by atoms with E-state index in [1.807, 2.05) is 6.92 Å². The molecule has 1 aromatic rings. The van der Waals surface area contributed by atoms with E-state index in [1.165, 1.54) is 7.11 Å². The molecule has 1 unspecified atom stereocenters. The van der Waals surface area contributed by atoms with Crippen molar-refractivity contribution >= 4 is 11.9 Å². The van der Waals surface area contributed by atoms with Crippen LogP contribution in [0.4, 0.5) is 0 Å². The van der Waals surface area contributed by atoms with Crippen LogP contribution in [0.25, 0.3) is 0 Å². The van der Waals surface area contributed by atoms with Crippen LogP contribution in [0.5, 0.6) is 5.75 Å². The van der Waals surface area contributed by atoms with Crippen molar-refractivity contribution in [2.45, 2.75) is 19.3 Å². The van der Waals surface area contributed by atoms with E-state index in [1.54, 1.807) is 24.3 Å². The SMILES string of the molecule is CCCOC(=O)C(C(=O)O)c1ccc(OC)cc1. The molecular weight excluding hydrogens is 236 g/mol. The average Bonchev–Trinajstić information content (AvgIpc) is 2.37. The summed E-state index contributed by atoms with van der Waals surface area (Å²) in [5, 5.41) is 9.09. The van der Waals surface area contributed by atoms with E-state index in [9.17, 15) is 9.59 Å². The van der Waals surface area contributed by atoms with Crippen LogP contribution in [0.3, 0.4) is 0 Å². The number of carbonyl (C=O) groups excluding carboxylic acids is 1. The zero-order valence-corrected chi connectivity index (χ0v) is 10.4. The molecule has 0 fully saturated rings. The van der Waals surface area contributed by atoms with E-state index in [0.717, 1.165) is 0 Å². The summed E-state index contributed by atoms with van der Waals surface area (Å²) in [7, 11) is 1.51. The van der Waals surface area contributed by atoms with Crippen LogP contribution >= 0.6 is 0 Å². The Morgan fingerprint density at radius 2 is 1.89 bits per heavy atom. The molecule has 0 saturated carbocycles. The minimum atomic E-state index is -1.29. The maximum atomic E-state index is 11.7. The van der Waals surface area contributed by atoms with Crippen LogP contribution in [0.1, 0.15) is 24.8 Å². The molecule has 5 nitrogen and oxygen atoms in total. The van der Waals surface area contributed by atoms with Crippen molar-refractivity contribution in [3.05, 3.63) is 29.8 Å². The molecule has 5 heteroatoms. The van der Waals surface area contributed by atoms with Crippen LogP contribution in [0.15, 0.2) is 24.3 Å². The molecule has 0 saturated heterocycles. The summed E-state index contributed by atoms with van der Waals surface area (Å²) in [6.45, 7) is 2.06. The Kier molecular flexibility index (Phi) is 5.17. The summed E-state index contributed by atoms with van der Waals surface area (Å²) in [6, 6.07) is 6.31. The lowest BCUT2D eigenvalue weighted by Gasteiger charge is -2.12. The van der Waals surface area contributed by atoms with Gasteiger partial charge in [-0.05, 0) is 24.1 Å².